The topological polar surface area (TPSA) is 59.6 Å². The number of nitrogens with one attached hydrogen (secondary N) is 2. The molecular formula is C22H28N2O3. The lowest BCUT2D eigenvalue weighted by Crippen LogP contribution is -2.36. The Labute approximate surface area is 161 Å². The van der Waals surface area contributed by atoms with Gasteiger partial charge >= 0.3 is 6.03 Å². The number of methoxy groups -OCH3 is 2. The second-order valence-electron chi connectivity index (χ2n) is 7.07. The number of fused-ring (bicyclic) bond motifs is 1. The van der Waals surface area contributed by atoms with Gasteiger partial charge in [0.1, 0.15) is 0 Å². The number of hydrogen-bond acceptors (Lipinski definition) is 3. The van der Waals surface area contributed by atoms with E-state index in [1.165, 1.54) is 24.0 Å². The molecule has 1 aliphatic rings. The first kappa shape index (κ1) is 19.1. The second-order valence-corrected chi connectivity index (χ2v) is 7.07. The predicted molar refractivity (Wildman–Crippen MR) is 107 cm³/mol. The predicted octanol–water partition coefficient (Wildman–Crippen LogP) is 4.06. The van der Waals surface area contributed by atoms with Gasteiger partial charge in [-0.3, -0.25) is 0 Å². The van der Waals surface area contributed by atoms with E-state index in [2.05, 4.69) is 28.8 Å². The maximum Gasteiger partial charge on any atom is 0.315 e. The molecule has 0 aliphatic heterocycles. The molecule has 0 saturated heterocycles. The SMILES string of the molecule is COc1cc(C)c(C(C)NC(=O)NCc2ccc3c(c2)CCC3)cc1OC. The van der Waals surface area contributed by atoms with Crippen molar-refractivity contribution >= 4 is 6.03 Å². The van der Waals surface area contributed by atoms with Crippen LogP contribution >= 0.6 is 0 Å². The van der Waals surface area contributed by atoms with Crippen molar-refractivity contribution in [1.82, 2.24) is 10.6 Å². The summed E-state index contributed by atoms with van der Waals surface area (Å²) in [7, 11) is 3.23. The van der Waals surface area contributed by atoms with Crippen molar-refractivity contribution in [2.45, 2.75) is 45.7 Å². The highest BCUT2D eigenvalue weighted by atomic mass is 16.5. The third kappa shape index (κ3) is 4.35. The molecule has 1 atom stereocenters. The zero-order chi connectivity index (χ0) is 19.4. The normalized spacial score (nSPS) is 13.6. The molecule has 1 aliphatic carbocycles. The minimum atomic E-state index is -0.183. The zero-order valence-corrected chi connectivity index (χ0v) is 16.5. The van der Waals surface area contributed by atoms with Gasteiger partial charge in [0.2, 0.25) is 0 Å². The van der Waals surface area contributed by atoms with Crippen molar-refractivity contribution in [3.8, 4) is 11.5 Å². The maximum atomic E-state index is 12.3. The first-order chi connectivity index (χ1) is 13.0. The molecule has 0 radical (unpaired) electrons. The van der Waals surface area contributed by atoms with E-state index in [0.717, 1.165) is 23.1 Å². The van der Waals surface area contributed by atoms with Crippen LogP contribution in [0.15, 0.2) is 30.3 Å². The quantitative estimate of drug-likeness (QED) is 0.808. The Morgan fingerprint density at radius 3 is 2.52 bits per heavy atom. The Hall–Kier alpha value is -2.69. The maximum absolute atomic E-state index is 12.3. The monoisotopic (exact) mass is 368 g/mol. The number of amides is 2. The van der Waals surface area contributed by atoms with Gasteiger partial charge < -0.3 is 20.1 Å². The minimum absolute atomic E-state index is 0.148. The van der Waals surface area contributed by atoms with Crippen LogP contribution in [0.3, 0.4) is 0 Å². The van der Waals surface area contributed by atoms with Crippen LogP contribution in [0.4, 0.5) is 4.79 Å². The van der Waals surface area contributed by atoms with E-state index < -0.39 is 0 Å². The van der Waals surface area contributed by atoms with Crippen molar-refractivity contribution in [3.05, 3.63) is 58.1 Å². The van der Waals surface area contributed by atoms with Gasteiger partial charge in [-0.1, -0.05) is 18.2 Å². The van der Waals surface area contributed by atoms with Crippen LogP contribution < -0.4 is 20.1 Å². The molecular weight excluding hydrogens is 340 g/mol. The molecule has 2 aromatic carbocycles. The van der Waals surface area contributed by atoms with Crippen LogP contribution in [-0.2, 0) is 19.4 Å². The average Bonchev–Trinajstić information content (AvgIpc) is 3.13. The number of carbonyl (C=O) groups is 1. The summed E-state index contributed by atoms with van der Waals surface area (Å²) in [5, 5.41) is 5.96. The van der Waals surface area contributed by atoms with Crippen molar-refractivity contribution < 1.29 is 14.3 Å². The largest absolute Gasteiger partial charge is 0.493 e. The van der Waals surface area contributed by atoms with Crippen LogP contribution in [0.2, 0.25) is 0 Å². The number of rotatable bonds is 6. The molecule has 0 heterocycles. The molecule has 2 amide bonds. The van der Waals surface area contributed by atoms with Gasteiger partial charge in [0.25, 0.3) is 0 Å². The van der Waals surface area contributed by atoms with E-state index in [4.69, 9.17) is 9.47 Å². The number of benzene rings is 2. The molecule has 5 nitrogen and oxygen atoms in total. The lowest BCUT2D eigenvalue weighted by molar-refractivity contribution is 0.237. The molecule has 1 unspecified atom stereocenters. The molecule has 2 aromatic rings. The van der Waals surface area contributed by atoms with Crippen LogP contribution in [0.25, 0.3) is 0 Å². The molecule has 2 N–H and O–H groups in total. The molecule has 27 heavy (non-hydrogen) atoms. The summed E-state index contributed by atoms with van der Waals surface area (Å²) in [6.45, 7) is 4.48. The van der Waals surface area contributed by atoms with E-state index in [-0.39, 0.29) is 12.1 Å². The smallest absolute Gasteiger partial charge is 0.315 e. The van der Waals surface area contributed by atoms with Gasteiger partial charge in [-0.15, -0.1) is 0 Å². The summed E-state index contributed by atoms with van der Waals surface area (Å²) in [6, 6.07) is 10.0. The molecule has 3 rings (SSSR count). The Kier molecular flexibility index (Phi) is 5.89. The van der Waals surface area contributed by atoms with Crippen LogP contribution in [-0.4, -0.2) is 20.3 Å². The standard InChI is InChI=1S/C22H28N2O3/c1-14-10-20(26-3)21(27-4)12-19(14)15(2)24-22(25)23-13-16-8-9-17-6-5-7-18(17)11-16/h8-12,15H,5-7,13H2,1-4H3,(H2,23,24,25). The minimum Gasteiger partial charge on any atom is -0.493 e. The molecule has 5 heteroatoms. The number of carbonyl (C=O) groups excluding carboxylic acids is 1. The summed E-state index contributed by atoms with van der Waals surface area (Å²) >= 11 is 0. The molecule has 0 fully saturated rings. The fourth-order valence-electron chi connectivity index (χ4n) is 3.71. The Morgan fingerprint density at radius 2 is 1.78 bits per heavy atom. The van der Waals surface area contributed by atoms with Crippen molar-refractivity contribution in [2.24, 2.45) is 0 Å². The van der Waals surface area contributed by atoms with E-state index in [9.17, 15) is 4.79 Å². The van der Waals surface area contributed by atoms with Gasteiger partial charge in [0.05, 0.1) is 20.3 Å². The van der Waals surface area contributed by atoms with Crippen LogP contribution in [0.5, 0.6) is 11.5 Å². The number of urea groups is 1. The van der Waals surface area contributed by atoms with Crippen LogP contribution in [0, 0.1) is 6.92 Å². The average molecular weight is 368 g/mol. The van der Waals surface area contributed by atoms with E-state index in [0.29, 0.717) is 18.0 Å². The Balaban J connectivity index is 1.60. The highest BCUT2D eigenvalue weighted by Crippen LogP contribution is 2.32. The number of aryl methyl sites for hydroxylation is 3. The van der Waals surface area contributed by atoms with Gasteiger partial charge in [-0.2, -0.15) is 0 Å². The summed E-state index contributed by atoms with van der Waals surface area (Å²) in [5.41, 5.74) is 6.05. The van der Waals surface area contributed by atoms with Crippen molar-refractivity contribution in [2.75, 3.05) is 14.2 Å². The highest BCUT2D eigenvalue weighted by molar-refractivity contribution is 5.74. The molecule has 0 spiro atoms. The molecule has 0 bridgehead atoms. The van der Waals surface area contributed by atoms with Gasteiger partial charge in [0, 0.05) is 6.54 Å². The van der Waals surface area contributed by atoms with Crippen molar-refractivity contribution in [3.63, 3.8) is 0 Å². The van der Waals surface area contributed by atoms with Gasteiger partial charge in [-0.05, 0) is 73.1 Å². The zero-order valence-electron chi connectivity index (χ0n) is 16.5. The first-order valence-corrected chi connectivity index (χ1v) is 9.39. The Morgan fingerprint density at radius 1 is 1.07 bits per heavy atom. The summed E-state index contributed by atoms with van der Waals surface area (Å²) in [6.07, 6.45) is 3.55. The van der Waals surface area contributed by atoms with Crippen molar-refractivity contribution in [1.29, 1.82) is 0 Å². The fraction of sp³-hybridized carbons (Fsp3) is 0.409. The summed E-state index contributed by atoms with van der Waals surface area (Å²) in [4.78, 5) is 12.3. The number of ether oxygens (including phenoxy) is 2. The van der Waals surface area contributed by atoms with Crippen LogP contribution in [0.1, 0.15) is 47.2 Å². The van der Waals surface area contributed by atoms with E-state index in [1.54, 1.807) is 14.2 Å². The van der Waals surface area contributed by atoms with E-state index in [1.807, 2.05) is 26.0 Å². The first-order valence-electron chi connectivity index (χ1n) is 9.39. The summed E-state index contributed by atoms with van der Waals surface area (Å²) < 4.78 is 10.7. The fourth-order valence-corrected chi connectivity index (χ4v) is 3.71. The third-order valence-electron chi connectivity index (χ3n) is 5.20. The highest BCUT2D eigenvalue weighted by Gasteiger charge is 2.16. The third-order valence-corrected chi connectivity index (χ3v) is 5.20. The van der Waals surface area contributed by atoms with Gasteiger partial charge in [0.15, 0.2) is 11.5 Å². The Bertz CT molecular complexity index is 833. The number of hydrogen-bond donors (Lipinski definition) is 2. The molecule has 144 valence electrons. The molecule has 0 saturated carbocycles. The second kappa shape index (κ2) is 8.33. The lowest BCUT2D eigenvalue weighted by atomic mass is 10.0. The van der Waals surface area contributed by atoms with Gasteiger partial charge in [-0.25, -0.2) is 4.79 Å². The lowest BCUT2D eigenvalue weighted by Gasteiger charge is -2.19. The molecule has 0 aromatic heterocycles. The summed E-state index contributed by atoms with van der Waals surface area (Å²) in [5.74, 6) is 1.34. The van der Waals surface area contributed by atoms with E-state index >= 15 is 0 Å².